The summed E-state index contributed by atoms with van der Waals surface area (Å²) in [6.07, 6.45) is 4.09. The predicted octanol–water partition coefficient (Wildman–Crippen LogP) is 3.79. The molecule has 1 saturated heterocycles. The van der Waals surface area contributed by atoms with E-state index in [9.17, 15) is 9.90 Å². The molecule has 4 nitrogen and oxygen atoms in total. The molecule has 0 spiro atoms. The summed E-state index contributed by atoms with van der Waals surface area (Å²) in [5, 5.41) is 13.8. The molecule has 5 heteroatoms. The van der Waals surface area contributed by atoms with Gasteiger partial charge in [0, 0.05) is 23.0 Å². The van der Waals surface area contributed by atoms with Gasteiger partial charge in [-0.25, -0.2) is 0 Å². The lowest BCUT2D eigenvalue weighted by Crippen LogP contribution is -2.23. The van der Waals surface area contributed by atoms with E-state index in [-0.39, 0.29) is 11.9 Å². The molecule has 2 atom stereocenters. The van der Waals surface area contributed by atoms with Crippen LogP contribution in [0.1, 0.15) is 30.1 Å². The molecule has 130 valence electrons. The average Bonchev–Trinajstić information content (AvgIpc) is 3.04. The van der Waals surface area contributed by atoms with E-state index in [4.69, 9.17) is 16.3 Å². The van der Waals surface area contributed by atoms with E-state index in [0.717, 1.165) is 17.5 Å². The lowest BCUT2D eigenvalue weighted by Gasteiger charge is -2.11. The Morgan fingerprint density at radius 3 is 2.88 bits per heavy atom. The van der Waals surface area contributed by atoms with Crippen LogP contribution in [0, 0.1) is 0 Å². The van der Waals surface area contributed by atoms with Crippen molar-refractivity contribution in [2.45, 2.75) is 31.6 Å². The van der Waals surface area contributed by atoms with Crippen molar-refractivity contribution < 1.29 is 14.6 Å². The molecule has 1 aliphatic heterocycles. The Labute approximate surface area is 152 Å². The van der Waals surface area contributed by atoms with Crippen molar-refractivity contribution in [3.63, 3.8) is 0 Å². The number of rotatable bonds is 6. The van der Waals surface area contributed by atoms with E-state index in [1.54, 1.807) is 12.1 Å². The van der Waals surface area contributed by atoms with Crippen LogP contribution in [0.4, 0.5) is 0 Å². The SMILES string of the molecule is O=C1CC[C@H](/C=C/C(O)c2cccc(OCc3ccccc3Cl)c2)N1. The first-order chi connectivity index (χ1) is 12.1. The Bertz CT molecular complexity index is 775. The normalized spacial score (nSPS) is 18.3. The van der Waals surface area contributed by atoms with E-state index in [2.05, 4.69) is 5.32 Å². The fourth-order valence-corrected chi connectivity index (χ4v) is 2.89. The van der Waals surface area contributed by atoms with Crippen LogP contribution in [0.25, 0.3) is 0 Å². The standard InChI is InChI=1S/C20H20ClNO3/c21-18-7-2-1-4-15(18)13-25-17-6-3-5-14(12-17)19(23)10-8-16-9-11-20(24)22-16/h1-8,10,12,16,19,23H,9,11,13H2,(H,22,24)/b10-8+/t16-,19?/m0/s1. The second-order valence-electron chi connectivity index (χ2n) is 5.99. The summed E-state index contributed by atoms with van der Waals surface area (Å²) < 4.78 is 5.78. The minimum atomic E-state index is -0.749. The molecule has 1 amide bonds. The highest BCUT2D eigenvalue weighted by atomic mass is 35.5. The van der Waals surface area contributed by atoms with Gasteiger partial charge in [0.15, 0.2) is 0 Å². The molecule has 25 heavy (non-hydrogen) atoms. The summed E-state index contributed by atoms with van der Waals surface area (Å²) in [5.74, 6) is 0.721. The Morgan fingerprint density at radius 2 is 2.12 bits per heavy atom. The third-order valence-corrected chi connectivity index (χ3v) is 4.48. The first-order valence-electron chi connectivity index (χ1n) is 8.24. The van der Waals surface area contributed by atoms with Gasteiger partial charge in [-0.05, 0) is 30.2 Å². The molecule has 0 bridgehead atoms. The molecule has 2 N–H and O–H groups in total. The quantitative estimate of drug-likeness (QED) is 0.773. The van der Waals surface area contributed by atoms with Crippen LogP contribution in [-0.4, -0.2) is 17.1 Å². The van der Waals surface area contributed by atoms with Crippen molar-refractivity contribution >= 4 is 17.5 Å². The third-order valence-electron chi connectivity index (χ3n) is 4.11. The number of carbonyl (C=O) groups excluding carboxylic acids is 1. The van der Waals surface area contributed by atoms with Gasteiger partial charge in [0.1, 0.15) is 12.4 Å². The number of hydrogen-bond donors (Lipinski definition) is 2. The van der Waals surface area contributed by atoms with E-state index in [1.807, 2.05) is 48.5 Å². The van der Waals surface area contributed by atoms with Crippen molar-refractivity contribution in [1.82, 2.24) is 5.32 Å². The van der Waals surface area contributed by atoms with Crippen LogP contribution < -0.4 is 10.1 Å². The highest BCUT2D eigenvalue weighted by molar-refractivity contribution is 6.31. The Balaban J connectivity index is 1.61. The summed E-state index contributed by atoms with van der Waals surface area (Å²) in [4.78, 5) is 11.2. The largest absolute Gasteiger partial charge is 0.489 e. The first-order valence-corrected chi connectivity index (χ1v) is 8.61. The summed E-state index contributed by atoms with van der Waals surface area (Å²) in [6, 6.07) is 14.9. The number of carbonyl (C=O) groups is 1. The molecule has 3 rings (SSSR count). The molecule has 0 saturated carbocycles. The number of benzene rings is 2. The molecule has 0 aromatic heterocycles. The number of hydrogen-bond acceptors (Lipinski definition) is 3. The monoisotopic (exact) mass is 357 g/mol. The number of halogens is 1. The molecular weight excluding hydrogens is 338 g/mol. The van der Waals surface area contributed by atoms with Crippen molar-refractivity contribution in [2.75, 3.05) is 0 Å². The van der Waals surface area contributed by atoms with Gasteiger partial charge in [-0.2, -0.15) is 0 Å². The topological polar surface area (TPSA) is 58.6 Å². The van der Waals surface area contributed by atoms with Crippen LogP contribution >= 0.6 is 11.6 Å². The number of amides is 1. The summed E-state index contributed by atoms with van der Waals surface area (Å²) in [7, 11) is 0. The first kappa shape index (κ1) is 17.5. The Morgan fingerprint density at radius 1 is 1.28 bits per heavy atom. The highest BCUT2D eigenvalue weighted by Gasteiger charge is 2.18. The number of aliphatic hydroxyl groups is 1. The molecular formula is C20H20ClNO3. The number of nitrogens with one attached hydrogen (secondary N) is 1. The van der Waals surface area contributed by atoms with Crippen LogP contribution in [0.15, 0.2) is 60.7 Å². The second kappa shape index (κ2) is 8.19. The van der Waals surface area contributed by atoms with Crippen molar-refractivity contribution in [3.05, 3.63) is 76.8 Å². The molecule has 2 aromatic carbocycles. The van der Waals surface area contributed by atoms with Gasteiger partial charge >= 0.3 is 0 Å². The lowest BCUT2D eigenvalue weighted by molar-refractivity contribution is -0.119. The maximum atomic E-state index is 11.2. The molecule has 0 aliphatic carbocycles. The van der Waals surface area contributed by atoms with Gasteiger partial charge in [0.05, 0.1) is 6.10 Å². The van der Waals surface area contributed by atoms with Crippen LogP contribution in [0.2, 0.25) is 5.02 Å². The van der Waals surface area contributed by atoms with Gasteiger partial charge < -0.3 is 15.2 Å². The summed E-state index contributed by atoms with van der Waals surface area (Å²) in [6.45, 7) is 0.364. The van der Waals surface area contributed by atoms with Gasteiger partial charge in [0.2, 0.25) is 5.91 Å². The minimum absolute atomic E-state index is 0.00167. The van der Waals surface area contributed by atoms with Gasteiger partial charge in [-0.3, -0.25) is 4.79 Å². The minimum Gasteiger partial charge on any atom is -0.489 e. The fourth-order valence-electron chi connectivity index (χ4n) is 2.70. The molecule has 1 aliphatic rings. The van der Waals surface area contributed by atoms with E-state index >= 15 is 0 Å². The van der Waals surface area contributed by atoms with Crippen LogP contribution in [0.3, 0.4) is 0 Å². The molecule has 2 aromatic rings. The van der Waals surface area contributed by atoms with E-state index in [0.29, 0.717) is 23.8 Å². The average molecular weight is 358 g/mol. The molecule has 1 unspecified atom stereocenters. The lowest BCUT2D eigenvalue weighted by atomic mass is 10.1. The van der Waals surface area contributed by atoms with Crippen molar-refractivity contribution in [2.24, 2.45) is 0 Å². The van der Waals surface area contributed by atoms with Crippen molar-refractivity contribution in [3.8, 4) is 5.75 Å². The highest BCUT2D eigenvalue weighted by Crippen LogP contribution is 2.23. The van der Waals surface area contributed by atoms with Gasteiger partial charge in [-0.15, -0.1) is 0 Å². The Kier molecular flexibility index (Phi) is 5.74. The van der Waals surface area contributed by atoms with E-state index in [1.165, 1.54) is 0 Å². The Hall–Kier alpha value is -2.30. The summed E-state index contributed by atoms with van der Waals surface area (Å²) in [5.41, 5.74) is 1.64. The zero-order valence-electron chi connectivity index (χ0n) is 13.7. The number of aliphatic hydroxyl groups excluding tert-OH is 1. The molecule has 1 heterocycles. The number of ether oxygens (including phenoxy) is 1. The molecule has 1 fully saturated rings. The van der Waals surface area contributed by atoms with Crippen molar-refractivity contribution in [1.29, 1.82) is 0 Å². The zero-order chi connectivity index (χ0) is 17.6. The van der Waals surface area contributed by atoms with Gasteiger partial charge in [-0.1, -0.05) is 54.1 Å². The smallest absolute Gasteiger partial charge is 0.220 e. The maximum absolute atomic E-state index is 11.2. The third kappa shape index (κ3) is 4.84. The maximum Gasteiger partial charge on any atom is 0.220 e. The van der Waals surface area contributed by atoms with E-state index < -0.39 is 6.10 Å². The predicted molar refractivity (Wildman–Crippen MR) is 97.5 cm³/mol. The van der Waals surface area contributed by atoms with Gasteiger partial charge in [0.25, 0.3) is 0 Å². The van der Waals surface area contributed by atoms with Crippen LogP contribution in [0.5, 0.6) is 5.75 Å². The molecule has 0 radical (unpaired) electrons. The fraction of sp³-hybridized carbons (Fsp3) is 0.250. The zero-order valence-corrected chi connectivity index (χ0v) is 14.4. The second-order valence-corrected chi connectivity index (χ2v) is 6.40. The van der Waals surface area contributed by atoms with Crippen LogP contribution in [-0.2, 0) is 11.4 Å². The summed E-state index contributed by atoms with van der Waals surface area (Å²) >= 11 is 6.13.